The number of piperidine rings is 1. The summed E-state index contributed by atoms with van der Waals surface area (Å²) in [7, 11) is 0. The van der Waals surface area contributed by atoms with E-state index in [9.17, 15) is 4.79 Å². The maximum Gasteiger partial charge on any atom is 0.255 e. The van der Waals surface area contributed by atoms with Crippen molar-refractivity contribution >= 4 is 17.2 Å². The number of aryl methyl sites for hydroxylation is 1. The largest absolute Gasteiger partial charge is 0.347 e. The fourth-order valence-electron chi connectivity index (χ4n) is 3.58. The molecule has 5 heteroatoms. The smallest absolute Gasteiger partial charge is 0.255 e. The minimum atomic E-state index is -0.441. The predicted octanol–water partition coefficient (Wildman–Crippen LogP) is 3.70. The summed E-state index contributed by atoms with van der Waals surface area (Å²) in [5.74, 6) is -0.324. The molecule has 4 rings (SSSR count). The van der Waals surface area contributed by atoms with Crippen LogP contribution in [-0.4, -0.2) is 42.9 Å². The average molecular weight is 343 g/mol. The van der Waals surface area contributed by atoms with Crippen LogP contribution < -0.4 is 0 Å². The summed E-state index contributed by atoms with van der Waals surface area (Å²) < 4.78 is 11.5. The number of amides is 1. The van der Waals surface area contributed by atoms with Gasteiger partial charge < -0.3 is 14.4 Å². The molecule has 0 saturated carbocycles. The van der Waals surface area contributed by atoms with Crippen molar-refractivity contribution < 1.29 is 14.3 Å². The zero-order chi connectivity index (χ0) is 16.6. The highest BCUT2D eigenvalue weighted by Crippen LogP contribution is 2.35. The van der Waals surface area contributed by atoms with Crippen LogP contribution in [0.25, 0.3) is 11.1 Å². The van der Waals surface area contributed by atoms with Crippen LogP contribution in [0.1, 0.15) is 28.1 Å². The molecule has 2 saturated heterocycles. The Bertz CT molecular complexity index is 724. The van der Waals surface area contributed by atoms with Crippen LogP contribution in [0, 0.1) is 6.92 Å². The van der Waals surface area contributed by atoms with Gasteiger partial charge in [0.2, 0.25) is 0 Å². The zero-order valence-electron chi connectivity index (χ0n) is 13.8. The third-order valence-electron chi connectivity index (χ3n) is 4.89. The van der Waals surface area contributed by atoms with Gasteiger partial charge >= 0.3 is 0 Å². The van der Waals surface area contributed by atoms with Gasteiger partial charge in [-0.15, -0.1) is 11.3 Å². The van der Waals surface area contributed by atoms with Gasteiger partial charge in [0.05, 0.1) is 18.8 Å². The van der Waals surface area contributed by atoms with Crippen molar-refractivity contribution in [3.63, 3.8) is 0 Å². The summed E-state index contributed by atoms with van der Waals surface area (Å²) in [6, 6.07) is 10.2. The van der Waals surface area contributed by atoms with Crippen LogP contribution in [0.2, 0.25) is 0 Å². The summed E-state index contributed by atoms with van der Waals surface area (Å²) in [5.41, 5.74) is 2.99. The Morgan fingerprint density at radius 1 is 1.12 bits per heavy atom. The van der Waals surface area contributed by atoms with Crippen molar-refractivity contribution in [3.8, 4) is 11.1 Å². The Hall–Kier alpha value is -1.69. The molecule has 2 fully saturated rings. The first-order chi connectivity index (χ1) is 11.7. The van der Waals surface area contributed by atoms with E-state index in [0.29, 0.717) is 26.3 Å². The molecule has 0 radical (unpaired) electrons. The van der Waals surface area contributed by atoms with E-state index in [1.54, 1.807) is 11.3 Å². The second kappa shape index (κ2) is 6.31. The first-order valence-corrected chi connectivity index (χ1v) is 9.27. The quantitative estimate of drug-likeness (QED) is 0.834. The minimum Gasteiger partial charge on any atom is -0.347 e. The van der Waals surface area contributed by atoms with Crippen molar-refractivity contribution in [2.24, 2.45) is 0 Å². The molecule has 0 aliphatic carbocycles. The summed E-state index contributed by atoms with van der Waals surface area (Å²) in [5, 5.41) is 1.99. The summed E-state index contributed by atoms with van der Waals surface area (Å²) in [6.07, 6.45) is 1.51. The summed E-state index contributed by atoms with van der Waals surface area (Å²) in [4.78, 5) is 16.2. The van der Waals surface area contributed by atoms with Gasteiger partial charge in [0, 0.05) is 41.8 Å². The average Bonchev–Trinajstić information content (AvgIpc) is 3.23. The molecule has 1 amide bonds. The SMILES string of the molecule is Cc1scc(C(=O)N2CCC3(CC2)OCCO3)c1-c1ccccc1. The Morgan fingerprint density at radius 2 is 1.79 bits per heavy atom. The normalized spacial score (nSPS) is 19.8. The second-order valence-corrected chi connectivity index (χ2v) is 7.43. The standard InChI is InChI=1S/C19H21NO3S/c1-14-17(15-5-3-2-4-6-15)16(13-24-14)18(21)20-9-7-19(8-10-20)22-11-12-23-19/h2-6,13H,7-12H2,1H3. The van der Waals surface area contributed by atoms with E-state index >= 15 is 0 Å². The summed E-state index contributed by atoms with van der Waals surface area (Å²) >= 11 is 1.64. The van der Waals surface area contributed by atoms with Gasteiger partial charge in [-0.25, -0.2) is 0 Å². The van der Waals surface area contributed by atoms with Crippen LogP contribution in [0.3, 0.4) is 0 Å². The topological polar surface area (TPSA) is 38.8 Å². The van der Waals surface area contributed by atoms with E-state index in [1.807, 2.05) is 28.5 Å². The first kappa shape index (κ1) is 15.8. The van der Waals surface area contributed by atoms with Gasteiger partial charge in [0.15, 0.2) is 5.79 Å². The second-order valence-electron chi connectivity index (χ2n) is 6.35. The lowest BCUT2D eigenvalue weighted by Crippen LogP contribution is -2.47. The van der Waals surface area contributed by atoms with Gasteiger partial charge in [-0.1, -0.05) is 30.3 Å². The van der Waals surface area contributed by atoms with E-state index < -0.39 is 5.79 Å². The molecule has 0 N–H and O–H groups in total. The number of carbonyl (C=O) groups is 1. The molecule has 0 atom stereocenters. The fraction of sp³-hybridized carbons (Fsp3) is 0.421. The van der Waals surface area contributed by atoms with E-state index in [1.165, 1.54) is 4.88 Å². The molecule has 1 spiro atoms. The van der Waals surface area contributed by atoms with Gasteiger partial charge in [0.1, 0.15) is 0 Å². The van der Waals surface area contributed by atoms with Crippen molar-refractivity contribution in [1.29, 1.82) is 0 Å². The third-order valence-corrected chi connectivity index (χ3v) is 5.81. The Balaban J connectivity index is 1.56. The number of likely N-dealkylation sites (tertiary alicyclic amines) is 1. The lowest BCUT2D eigenvalue weighted by molar-refractivity contribution is -0.181. The van der Waals surface area contributed by atoms with Crippen molar-refractivity contribution in [2.45, 2.75) is 25.6 Å². The number of benzene rings is 1. The van der Waals surface area contributed by atoms with Gasteiger partial charge in [-0.3, -0.25) is 4.79 Å². The monoisotopic (exact) mass is 343 g/mol. The summed E-state index contributed by atoms with van der Waals surface area (Å²) in [6.45, 7) is 4.77. The van der Waals surface area contributed by atoms with Crippen molar-refractivity contribution in [1.82, 2.24) is 4.90 Å². The zero-order valence-corrected chi connectivity index (χ0v) is 14.6. The molecule has 1 aromatic heterocycles. The van der Waals surface area contributed by atoms with Crippen LogP contribution in [0.5, 0.6) is 0 Å². The molecular weight excluding hydrogens is 322 g/mol. The number of rotatable bonds is 2. The first-order valence-electron chi connectivity index (χ1n) is 8.39. The van der Waals surface area contributed by atoms with Crippen LogP contribution in [-0.2, 0) is 9.47 Å². The Kier molecular flexibility index (Phi) is 4.16. The van der Waals surface area contributed by atoms with Crippen LogP contribution in [0.4, 0.5) is 0 Å². The molecule has 0 bridgehead atoms. The highest BCUT2D eigenvalue weighted by molar-refractivity contribution is 7.10. The maximum absolute atomic E-state index is 13.1. The van der Waals surface area contributed by atoms with Crippen LogP contribution >= 0.6 is 11.3 Å². The highest BCUT2D eigenvalue weighted by Gasteiger charge is 2.41. The Morgan fingerprint density at radius 3 is 2.46 bits per heavy atom. The number of hydrogen-bond acceptors (Lipinski definition) is 4. The van der Waals surface area contributed by atoms with E-state index in [4.69, 9.17) is 9.47 Å². The molecule has 126 valence electrons. The number of hydrogen-bond donors (Lipinski definition) is 0. The van der Waals surface area contributed by atoms with Gasteiger partial charge in [0.25, 0.3) is 5.91 Å². The number of thiophene rings is 1. The number of carbonyl (C=O) groups excluding carboxylic acids is 1. The molecule has 2 aliphatic heterocycles. The fourth-order valence-corrected chi connectivity index (χ4v) is 4.44. The molecule has 4 nitrogen and oxygen atoms in total. The number of ether oxygens (including phenoxy) is 2. The molecule has 2 aromatic rings. The van der Waals surface area contributed by atoms with E-state index in [0.717, 1.165) is 29.5 Å². The maximum atomic E-state index is 13.1. The molecule has 3 heterocycles. The van der Waals surface area contributed by atoms with Crippen LogP contribution in [0.15, 0.2) is 35.7 Å². The lowest BCUT2D eigenvalue weighted by Gasteiger charge is -2.37. The molecule has 2 aliphatic rings. The lowest BCUT2D eigenvalue weighted by atomic mass is 9.99. The third kappa shape index (κ3) is 2.77. The predicted molar refractivity (Wildman–Crippen MR) is 94.3 cm³/mol. The molecule has 1 aromatic carbocycles. The minimum absolute atomic E-state index is 0.117. The van der Waals surface area contributed by atoms with Gasteiger partial charge in [-0.05, 0) is 12.5 Å². The highest BCUT2D eigenvalue weighted by atomic mass is 32.1. The van der Waals surface area contributed by atoms with Gasteiger partial charge in [-0.2, -0.15) is 0 Å². The van der Waals surface area contributed by atoms with Crippen molar-refractivity contribution in [2.75, 3.05) is 26.3 Å². The number of nitrogens with zero attached hydrogens (tertiary/aromatic N) is 1. The Labute approximate surface area is 146 Å². The van der Waals surface area contributed by atoms with Crippen molar-refractivity contribution in [3.05, 3.63) is 46.2 Å². The van der Waals surface area contributed by atoms with E-state index in [2.05, 4.69) is 19.1 Å². The molecule has 24 heavy (non-hydrogen) atoms. The van der Waals surface area contributed by atoms with E-state index in [-0.39, 0.29) is 5.91 Å². The molecule has 0 unspecified atom stereocenters. The molecular formula is C19H21NO3S.